The van der Waals surface area contributed by atoms with Crippen LogP contribution in [0.1, 0.15) is 27.8 Å². The summed E-state index contributed by atoms with van der Waals surface area (Å²) >= 11 is 0. The van der Waals surface area contributed by atoms with Crippen molar-refractivity contribution in [3.8, 4) is 39.4 Å². The Morgan fingerprint density at radius 2 is 1.05 bits per heavy atom. The summed E-state index contributed by atoms with van der Waals surface area (Å²) in [7, 11) is 0. The molecule has 0 unspecified atom stereocenters. The van der Waals surface area contributed by atoms with Crippen LogP contribution in [0.4, 0.5) is 0 Å². The molecule has 0 N–H and O–H groups in total. The molecule has 3 heteroatoms. The van der Waals surface area contributed by atoms with E-state index in [4.69, 9.17) is 9.97 Å². The number of nitrogens with zero attached hydrogens (tertiary/aromatic N) is 3. The molecule has 1 aliphatic carbocycles. The molecule has 0 saturated carbocycles. The highest BCUT2D eigenvalue weighted by Crippen LogP contribution is 2.57. The summed E-state index contributed by atoms with van der Waals surface area (Å²) in [6.07, 6.45) is 1.86. The number of rotatable bonds is 4. The quantitative estimate of drug-likeness (QED) is 0.136. The molecule has 2 aromatic heterocycles. The van der Waals surface area contributed by atoms with Gasteiger partial charge in [0.25, 0.3) is 0 Å². The molecule has 0 fully saturated rings. The lowest BCUT2D eigenvalue weighted by atomic mass is 9.67. The van der Waals surface area contributed by atoms with Crippen LogP contribution < -0.4 is 0 Å². The Labute approximate surface area is 318 Å². The van der Waals surface area contributed by atoms with Gasteiger partial charge in [0.1, 0.15) is 0 Å². The van der Waals surface area contributed by atoms with E-state index in [0.29, 0.717) is 5.56 Å². The first-order chi connectivity index (χ1) is 27.2. The van der Waals surface area contributed by atoms with Gasteiger partial charge in [0.2, 0.25) is 0 Å². The van der Waals surface area contributed by atoms with Gasteiger partial charge in [-0.1, -0.05) is 146 Å². The number of hydrogen-bond acceptors (Lipinski definition) is 3. The minimum Gasteiger partial charge on any atom is -0.254 e. The summed E-state index contributed by atoms with van der Waals surface area (Å²) in [6, 6.07) is 67.3. The molecule has 8 aromatic carbocycles. The zero-order chi connectivity index (χ0) is 36.5. The third-order valence-corrected chi connectivity index (χ3v) is 11.6. The highest BCUT2D eigenvalue weighted by atomic mass is 14.7. The predicted octanol–water partition coefficient (Wildman–Crippen LogP) is 12.7. The highest BCUT2D eigenvalue weighted by molar-refractivity contribution is 6.15. The number of hydrogen-bond donors (Lipinski definition) is 0. The summed E-state index contributed by atoms with van der Waals surface area (Å²) in [5, 5.41) is 15.6. The fourth-order valence-electron chi connectivity index (χ4n) is 9.09. The maximum Gasteiger partial charge on any atom is 0.0991 e. The van der Waals surface area contributed by atoms with E-state index in [-0.39, 0.29) is 0 Å². The Morgan fingerprint density at radius 1 is 0.418 bits per heavy atom. The molecule has 0 spiro atoms. The maximum atomic E-state index is 10.0. The summed E-state index contributed by atoms with van der Waals surface area (Å²) in [4.78, 5) is 10.1. The van der Waals surface area contributed by atoms with Crippen molar-refractivity contribution >= 4 is 43.5 Å². The summed E-state index contributed by atoms with van der Waals surface area (Å²) in [5.41, 5.74) is 14.5. The molecular weight excluding hydrogens is 667 g/mol. The molecular formula is C52H31N3. The molecule has 55 heavy (non-hydrogen) atoms. The zero-order valence-corrected chi connectivity index (χ0v) is 29.7. The van der Waals surface area contributed by atoms with E-state index in [9.17, 15) is 5.26 Å². The van der Waals surface area contributed by atoms with Gasteiger partial charge in [-0.25, -0.2) is 4.98 Å². The first kappa shape index (κ1) is 31.1. The minimum absolute atomic E-state index is 0.586. The number of aromatic nitrogens is 2. The fourth-order valence-corrected chi connectivity index (χ4v) is 9.09. The normalized spacial score (nSPS) is 12.9. The van der Waals surface area contributed by atoms with Crippen LogP contribution in [-0.2, 0) is 5.41 Å². The summed E-state index contributed by atoms with van der Waals surface area (Å²) in [6.45, 7) is 0. The van der Waals surface area contributed by atoms with E-state index in [2.05, 4.69) is 176 Å². The highest BCUT2D eigenvalue weighted by Gasteiger charge is 2.46. The lowest BCUT2D eigenvalue weighted by Gasteiger charge is -2.34. The van der Waals surface area contributed by atoms with Crippen LogP contribution >= 0.6 is 0 Å². The Morgan fingerprint density at radius 3 is 1.82 bits per heavy atom. The van der Waals surface area contributed by atoms with Crippen molar-refractivity contribution in [1.29, 1.82) is 5.26 Å². The monoisotopic (exact) mass is 697 g/mol. The largest absolute Gasteiger partial charge is 0.254 e. The molecule has 2 heterocycles. The molecule has 0 aliphatic heterocycles. The average molecular weight is 698 g/mol. The van der Waals surface area contributed by atoms with E-state index >= 15 is 0 Å². The van der Waals surface area contributed by atoms with Gasteiger partial charge in [0, 0.05) is 27.7 Å². The van der Waals surface area contributed by atoms with Crippen LogP contribution in [-0.4, -0.2) is 9.97 Å². The SMILES string of the molecule is N#Cc1ccc2c(c1)C(c1ccccc1)(c1ccccc1)c1cc(-c3ccc(-c4cc5cc6ccc7ccccc7c6nc5c5ncccc45)cc3)ccc1-2. The minimum atomic E-state index is -0.586. The van der Waals surface area contributed by atoms with Crippen molar-refractivity contribution in [2.45, 2.75) is 5.41 Å². The van der Waals surface area contributed by atoms with E-state index < -0.39 is 5.41 Å². The maximum absolute atomic E-state index is 10.0. The lowest BCUT2D eigenvalue weighted by Crippen LogP contribution is -2.28. The van der Waals surface area contributed by atoms with Crippen LogP contribution in [0, 0.1) is 11.3 Å². The smallest absolute Gasteiger partial charge is 0.0991 e. The fraction of sp³-hybridized carbons (Fsp3) is 0.0192. The molecule has 0 bridgehead atoms. The molecule has 11 rings (SSSR count). The standard InChI is InChI=1S/C52H31N3/c53-32-33-17-25-43-44-26-24-37(31-48(44)52(47(43)28-33,40-11-3-1-4-12-40)41-13-5-2-6-14-41)34-18-20-36(21-19-34)46-30-39-29-38-23-22-35-10-7-8-15-42(35)49(38)55-50(39)51-45(46)16-9-27-54-51/h1-31H. The van der Waals surface area contributed by atoms with Gasteiger partial charge in [-0.05, 0) is 97.4 Å². The summed E-state index contributed by atoms with van der Waals surface area (Å²) < 4.78 is 0. The Hall–Kier alpha value is -7.41. The van der Waals surface area contributed by atoms with Crippen molar-refractivity contribution in [3.05, 3.63) is 216 Å². The van der Waals surface area contributed by atoms with Crippen molar-refractivity contribution in [3.63, 3.8) is 0 Å². The average Bonchev–Trinajstić information content (AvgIpc) is 3.55. The number of benzene rings is 8. The van der Waals surface area contributed by atoms with Crippen LogP contribution in [0.3, 0.4) is 0 Å². The van der Waals surface area contributed by atoms with Crippen molar-refractivity contribution in [2.24, 2.45) is 0 Å². The van der Waals surface area contributed by atoms with Crippen molar-refractivity contribution in [1.82, 2.24) is 9.97 Å². The number of fused-ring (bicyclic) bond motifs is 9. The number of nitriles is 1. The Bertz CT molecular complexity index is 3160. The first-order valence-corrected chi connectivity index (χ1v) is 18.6. The van der Waals surface area contributed by atoms with Gasteiger partial charge in [-0.3, -0.25) is 4.98 Å². The Kier molecular flexibility index (Phi) is 6.83. The third-order valence-electron chi connectivity index (χ3n) is 11.6. The predicted molar refractivity (Wildman–Crippen MR) is 225 cm³/mol. The molecule has 0 amide bonds. The third kappa shape index (κ3) is 4.62. The van der Waals surface area contributed by atoms with Gasteiger partial charge < -0.3 is 0 Å². The first-order valence-electron chi connectivity index (χ1n) is 18.6. The van der Waals surface area contributed by atoms with E-state index in [1.165, 1.54) is 27.6 Å². The molecule has 1 aliphatic rings. The van der Waals surface area contributed by atoms with Crippen LogP contribution in [0.15, 0.2) is 188 Å². The van der Waals surface area contributed by atoms with Gasteiger partial charge in [0.15, 0.2) is 0 Å². The van der Waals surface area contributed by atoms with Crippen molar-refractivity contribution < 1.29 is 0 Å². The molecule has 254 valence electrons. The van der Waals surface area contributed by atoms with Gasteiger partial charge in [0.05, 0.1) is 33.6 Å². The van der Waals surface area contributed by atoms with Crippen LogP contribution in [0.25, 0.3) is 76.9 Å². The lowest BCUT2D eigenvalue weighted by molar-refractivity contribution is 0.768. The van der Waals surface area contributed by atoms with Gasteiger partial charge in [-0.2, -0.15) is 5.26 Å². The zero-order valence-electron chi connectivity index (χ0n) is 29.7. The Balaban J connectivity index is 1.07. The summed E-state index contributed by atoms with van der Waals surface area (Å²) in [5.74, 6) is 0. The molecule has 0 radical (unpaired) electrons. The second kappa shape index (κ2) is 12.1. The molecule has 3 nitrogen and oxygen atoms in total. The van der Waals surface area contributed by atoms with Crippen LogP contribution in [0.5, 0.6) is 0 Å². The molecule has 10 aromatic rings. The second-order valence-corrected chi connectivity index (χ2v) is 14.4. The van der Waals surface area contributed by atoms with Gasteiger partial charge >= 0.3 is 0 Å². The molecule has 0 saturated heterocycles. The topological polar surface area (TPSA) is 49.6 Å². The van der Waals surface area contributed by atoms with E-state index in [1.54, 1.807) is 0 Å². The number of pyridine rings is 2. The molecule has 0 atom stereocenters. The second-order valence-electron chi connectivity index (χ2n) is 14.4. The van der Waals surface area contributed by atoms with Gasteiger partial charge in [-0.15, -0.1) is 0 Å². The van der Waals surface area contributed by atoms with E-state index in [0.717, 1.165) is 71.5 Å². The van der Waals surface area contributed by atoms with Crippen LogP contribution in [0.2, 0.25) is 0 Å². The van der Waals surface area contributed by atoms with Crippen molar-refractivity contribution in [2.75, 3.05) is 0 Å². The van der Waals surface area contributed by atoms with E-state index in [1.807, 2.05) is 18.3 Å².